The molecular weight excluding hydrogens is 336 g/mol. The maximum Gasteiger partial charge on any atom is 0.255 e. The number of carbonyl (C=O) groups is 1. The first-order valence-corrected chi connectivity index (χ1v) is 9.52. The highest BCUT2D eigenvalue weighted by Gasteiger charge is 2.19. The highest BCUT2D eigenvalue weighted by Crippen LogP contribution is 2.21. The highest BCUT2D eigenvalue weighted by atomic mass is 16.2. The highest BCUT2D eigenvalue weighted by molar-refractivity contribution is 5.94. The second-order valence-corrected chi connectivity index (χ2v) is 7.35. The SMILES string of the molecule is CC(C)c1ccc(-n2cc(-c3ccc(C(=O)N4CCCC4)cn3)cn2)cc1. The average Bonchev–Trinajstić information content (AvgIpc) is 3.40. The third kappa shape index (κ3) is 3.63. The number of hydrogen-bond acceptors (Lipinski definition) is 3. The number of pyridine rings is 1. The lowest BCUT2D eigenvalue weighted by atomic mass is 10.0. The van der Waals surface area contributed by atoms with Crippen LogP contribution < -0.4 is 0 Å². The van der Waals surface area contributed by atoms with Crippen LogP contribution in [0.4, 0.5) is 0 Å². The van der Waals surface area contributed by atoms with E-state index in [9.17, 15) is 4.79 Å². The standard InChI is InChI=1S/C22H24N4O/c1-16(2)17-5-8-20(9-6-17)26-15-19(14-24-26)21-10-7-18(13-23-21)22(27)25-11-3-4-12-25/h5-10,13-16H,3-4,11-12H2,1-2H3. The molecule has 0 unspecified atom stereocenters. The Hall–Kier alpha value is -2.95. The largest absolute Gasteiger partial charge is 0.339 e. The van der Waals surface area contributed by atoms with Crippen LogP contribution in [0.25, 0.3) is 16.9 Å². The van der Waals surface area contributed by atoms with Gasteiger partial charge in [0.2, 0.25) is 0 Å². The van der Waals surface area contributed by atoms with Crippen LogP contribution in [-0.2, 0) is 0 Å². The van der Waals surface area contributed by atoms with E-state index in [2.05, 4.69) is 48.2 Å². The zero-order chi connectivity index (χ0) is 18.8. The third-order valence-corrected chi connectivity index (χ3v) is 5.11. The monoisotopic (exact) mass is 360 g/mol. The minimum Gasteiger partial charge on any atom is -0.339 e. The van der Waals surface area contributed by atoms with Crippen molar-refractivity contribution in [2.75, 3.05) is 13.1 Å². The van der Waals surface area contributed by atoms with Gasteiger partial charge in [0.15, 0.2) is 0 Å². The van der Waals surface area contributed by atoms with Crippen LogP contribution in [0, 0.1) is 0 Å². The molecule has 5 heteroatoms. The van der Waals surface area contributed by atoms with Gasteiger partial charge in [0.1, 0.15) is 0 Å². The van der Waals surface area contributed by atoms with Crippen LogP contribution in [0.15, 0.2) is 55.0 Å². The molecule has 138 valence electrons. The van der Waals surface area contributed by atoms with Crippen molar-refractivity contribution in [1.29, 1.82) is 0 Å². The van der Waals surface area contributed by atoms with Gasteiger partial charge < -0.3 is 4.90 Å². The normalized spacial score (nSPS) is 14.1. The Balaban J connectivity index is 1.51. The maximum atomic E-state index is 12.4. The van der Waals surface area contributed by atoms with E-state index in [-0.39, 0.29) is 5.91 Å². The fourth-order valence-corrected chi connectivity index (χ4v) is 3.40. The van der Waals surface area contributed by atoms with Gasteiger partial charge in [0, 0.05) is 31.0 Å². The Morgan fingerprint density at radius 2 is 1.74 bits per heavy atom. The molecule has 0 radical (unpaired) electrons. The van der Waals surface area contributed by atoms with Gasteiger partial charge >= 0.3 is 0 Å². The van der Waals surface area contributed by atoms with E-state index in [1.807, 2.05) is 27.9 Å². The van der Waals surface area contributed by atoms with Gasteiger partial charge in [0.25, 0.3) is 5.91 Å². The second kappa shape index (κ2) is 7.35. The summed E-state index contributed by atoms with van der Waals surface area (Å²) in [6.45, 7) is 6.07. The van der Waals surface area contributed by atoms with E-state index in [0.29, 0.717) is 11.5 Å². The topological polar surface area (TPSA) is 51.0 Å². The van der Waals surface area contributed by atoms with E-state index < -0.39 is 0 Å². The maximum absolute atomic E-state index is 12.4. The predicted molar refractivity (Wildman–Crippen MR) is 106 cm³/mol. The van der Waals surface area contributed by atoms with E-state index >= 15 is 0 Å². The van der Waals surface area contributed by atoms with Crippen LogP contribution in [0.2, 0.25) is 0 Å². The number of rotatable bonds is 4. The van der Waals surface area contributed by atoms with Gasteiger partial charge in [-0.05, 0) is 48.6 Å². The van der Waals surface area contributed by atoms with Crippen LogP contribution in [0.5, 0.6) is 0 Å². The van der Waals surface area contributed by atoms with Crippen molar-refractivity contribution in [3.8, 4) is 16.9 Å². The molecule has 1 aliphatic rings. The van der Waals surface area contributed by atoms with Crippen molar-refractivity contribution in [1.82, 2.24) is 19.7 Å². The number of aromatic nitrogens is 3. The fraction of sp³-hybridized carbons (Fsp3) is 0.318. The fourth-order valence-electron chi connectivity index (χ4n) is 3.40. The zero-order valence-corrected chi connectivity index (χ0v) is 15.8. The van der Waals surface area contributed by atoms with Gasteiger partial charge in [-0.25, -0.2) is 4.68 Å². The quantitative estimate of drug-likeness (QED) is 0.697. The third-order valence-electron chi connectivity index (χ3n) is 5.11. The Kier molecular flexibility index (Phi) is 4.75. The molecule has 3 heterocycles. The first-order valence-electron chi connectivity index (χ1n) is 9.52. The van der Waals surface area contributed by atoms with Gasteiger partial charge in [0.05, 0.1) is 23.1 Å². The Bertz CT molecular complexity index is 920. The second-order valence-electron chi connectivity index (χ2n) is 7.35. The number of hydrogen-bond donors (Lipinski definition) is 0. The number of carbonyl (C=O) groups excluding carboxylic acids is 1. The molecule has 5 nitrogen and oxygen atoms in total. The van der Waals surface area contributed by atoms with Crippen LogP contribution >= 0.6 is 0 Å². The van der Waals surface area contributed by atoms with E-state index in [1.165, 1.54) is 5.56 Å². The van der Waals surface area contributed by atoms with E-state index in [0.717, 1.165) is 42.9 Å². The summed E-state index contributed by atoms with van der Waals surface area (Å²) in [6, 6.07) is 12.2. The summed E-state index contributed by atoms with van der Waals surface area (Å²) in [5, 5.41) is 4.46. The van der Waals surface area contributed by atoms with Crippen molar-refractivity contribution in [3.05, 3.63) is 66.1 Å². The van der Waals surface area contributed by atoms with Crippen molar-refractivity contribution < 1.29 is 4.79 Å². The number of benzene rings is 1. The van der Waals surface area contributed by atoms with Gasteiger partial charge in [-0.15, -0.1) is 0 Å². The van der Waals surface area contributed by atoms with Crippen LogP contribution in [-0.4, -0.2) is 38.7 Å². The molecule has 0 N–H and O–H groups in total. The molecule has 0 spiro atoms. The van der Waals surface area contributed by atoms with Crippen molar-refractivity contribution >= 4 is 5.91 Å². The molecule has 3 aromatic rings. The van der Waals surface area contributed by atoms with Crippen molar-refractivity contribution in [2.24, 2.45) is 0 Å². The first kappa shape index (κ1) is 17.5. The Labute approximate surface area is 159 Å². The molecule has 0 aliphatic carbocycles. The molecule has 1 aliphatic heterocycles. The Morgan fingerprint density at radius 3 is 2.37 bits per heavy atom. The van der Waals surface area contributed by atoms with Crippen molar-refractivity contribution in [2.45, 2.75) is 32.6 Å². The van der Waals surface area contributed by atoms with E-state index in [1.54, 1.807) is 12.4 Å². The van der Waals surface area contributed by atoms with Crippen molar-refractivity contribution in [3.63, 3.8) is 0 Å². The zero-order valence-electron chi connectivity index (χ0n) is 15.8. The molecule has 1 fully saturated rings. The molecule has 1 aromatic carbocycles. The molecule has 0 saturated carbocycles. The average molecular weight is 360 g/mol. The summed E-state index contributed by atoms with van der Waals surface area (Å²) >= 11 is 0. The predicted octanol–water partition coefficient (Wildman–Crippen LogP) is 4.29. The molecule has 27 heavy (non-hydrogen) atoms. The molecule has 4 rings (SSSR count). The minimum absolute atomic E-state index is 0.0764. The molecule has 2 aromatic heterocycles. The summed E-state index contributed by atoms with van der Waals surface area (Å²) in [4.78, 5) is 18.8. The number of nitrogens with zero attached hydrogens (tertiary/aromatic N) is 4. The number of amides is 1. The van der Waals surface area contributed by atoms with Gasteiger partial charge in [-0.2, -0.15) is 5.10 Å². The molecule has 1 amide bonds. The molecule has 0 bridgehead atoms. The molecular formula is C22H24N4O. The van der Waals surface area contributed by atoms with E-state index in [4.69, 9.17) is 0 Å². The summed E-state index contributed by atoms with van der Waals surface area (Å²) in [5.74, 6) is 0.589. The molecule has 0 atom stereocenters. The molecule has 1 saturated heterocycles. The van der Waals surface area contributed by atoms with Crippen LogP contribution in [0.3, 0.4) is 0 Å². The van der Waals surface area contributed by atoms with Gasteiger partial charge in [-0.1, -0.05) is 26.0 Å². The summed E-state index contributed by atoms with van der Waals surface area (Å²) in [7, 11) is 0. The lowest BCUT2D eigenvalue weighted by Gasteiger charge is -2.14. The summed E-state index contributed by atoms with van der Waals surface area (Å²) < 4.78 is 1.85. The van der Waals surface area contributed by atoms with Gasteiger partial charge in [-0.3, -0.25) is 9.78 Å². The minimum atomic E-state index is 0.0764. The Morgan fingerprint density at radius 1 is 1.00 bits per heavy atom. The smallest absolute Gasteiger partial charge is 0.255 e. The number of likely N-dealkylation sites (tertiary alicyclic amines) is 1. The van der Waals surface area contributed by atoms with Crippen LogP contribution in [0.1, 0.15) is 48.5 Å². The lowest BCUT2D eigenvalue weighted by molar-refractivity contribution is 0.0792. The first-order chi connectivity index (χ1) is 13.1. The lowest BCUT2D eigenvalue weighted by Crippen LogP contribution is -2.27. The summed E-state index contributed by atoms with van der Waals surface area (Å²) in [6.07, 6.45) is 7.63. The summed E-state index contributed by atoms with van der Waals surface area (Å²) in [5.41, 5.74) is 4.73.